The van der Waals surface area contributed by atoms with E-state index < -0.39 is 0 Å². The highest BCUT2D eigenvalue weighted by molar-refractivity contribution is 8.16. The highest BCUT2D eigenvalue weighted by Crippen LogP contribution is 2.43. The minimum absolute atomic E-state index is 0.0743. The number of nitrogens with one attached hydrogen (secondary N) is 1. The molecule has 1 aliphatic rings. The number of aromatic nitrogens is 1. The fourth-order valence-corrected chi connectivity index (χ4v) is 5.31. The quantitative estimate of drug-likeness (QED) is 0.868. The first kappa shape index (κ1) is 17.9. The number of anilines is 1. The molecular formula is C18H20N2O3S2. The molecule has 0 saturated carbocycles. The van der Waals surface area contributed by atoms with Gasteiger partial charge in [0.25, 0.3) is 5.91 Å². The summed E-state index contributed by atoms with van der Waals surface area (Å²) in [6.45, 7) is -0.0743. The van der Waals surface area contributed by atoms with Gasteiger partial charge in [-0.1, -0.05) is 12.1 Å². The summed E-state index contributed by atoms with van der Waals surface area (Å²) in [5.74, 6) is 2.83. The number of carbonyl (C=O) groups is 1. The monoisotopic (exact) mass is 376 g/mol. The molecule has 2 aromatic rings. The maximum absolute atomic E-state index is 12.0. The van der Waals surface area contributed by atoms with Crippen molar-refractivity contribution in [2.24, 2.45) is 7.05 Å². The molecule has 0 atom stereocenters. The van der Waals surface area contributed by atoms with E-state index in [9.17, 15) is 9.59 Å². The van der Waals surface area contributed by atoms with Crippen LogP contribution in [-0.4, -0.2) is 28.6 Å². The van der Waals surface area contributed by atoms with Crippen molar-refractivity contribution in [1.82, 2.24) is 4.57 Å². The van der Waals surface area contributed by atoms with Crippen LogP contribution in [0.15, 0.2) is 47.4 Å². The number of benzene rings is 1. The summed E-state index contributed by atoms with van der Waals surface area (Å²) >= 11 is 3.96. The number of hydrogen-bond acceptors (Lipinski definition) is 5. The maximum atomic E-state index is 12.0. The molecule has 3 rings (SSSR count). The molecule has 1 aromatic heterocycles. The van der Waals surface area contributed by atoms with Crippen LogP contribution in [0.4, 0.5) is 5.69 Å². The average molecular weight is 377 g/mol. The van der Waals surface area contributed by atoms with E-state index in [0.717, 1.165) is 0 Å². The van der Waals surface area contributed by atoms with E-state index in [4.69, 9.17) is 4.74 Å². The lowest BCUT2D eigenvalue weighted by Gasteiger charge is -2.21. The second-order valence-electron chi connectivity index (χ2n) is 5.70. The van der Waals surface area contributed by atoms with Gasteiger partial charge in [0, 0.05) is 19.3 Å². The van der Waals surface area contributed by atoms with Gasteiger partial charge in [-0.05, 0) is 41.7 Å². The molecule has 1 aliphatic heterocycles. The van der Waals surface area contributed by atoms with Gasteiger partial charge in [0.15, 0.2) is 6.61 Å². The number of pyridine rings is 1. The van der Waals surface area contributed by atoms with E-state index in [1.165, 1.54) is 34.1 Å². The highest BCUT2D eigenvalue weighted by Gasteiger charge is 2.16. The summed E-state index contributed by atoms with van der Waals surface area (Å²) in [6, 6.07) is 10.9. The van der Waals surface area contributed by atoms with Crippen molar-refractivity contribution in [3.8, 4) is 5.75 Å². The van der Waals surface area contributed by atoms with Crippen LogP contribution in [-0.2, 0) is 11.8 Å². The van der Waals surface area contributed by atoms with E-state index in [-0.39, 0.29) is 18.1 Å². The van der Waals surface area contributed by atoms with Crippen molar-refractivity contribution in [1.29, 1.82) is 0 Å². The third kappa shape index (κ3) is 5.06. The fraction of sp³-hybridized carbons (Fsp3) is 0.333. The fourth-order valence-electron chi connectivity index (χ4n) is 2.42. The molecule has 1 fully saturated rings. The molecule has 1 amide bonds. The molecule has 0 unspecified atom stereocenters. The molecular weight excluding hydrogens is 356 g/mol. The molecule has 0 radical (unpaired) electrons. The number of thioether (sulfide) groups is 2. The Morgan fingerprint density at radius 3 is 2.60 bits per heavy atom. The number of aryl methyl sites for hydroxylation is 1. The summed E-state index contributed by atoms with van der Waals surface area (Å²) in [5.41, 5.74) is 1.73. The van der Waals surface area contributed by atoms with Gasteiger partial charge in [-0.3, -0.25) is 9.59 Å². The summed E-state index contributed by atoms with van der Waals surface area (Å²) in [6.07, 6.45) is 2.85. The van der Waals surface area contributed by atoms with Crippen LogP contribution in [0, 0.1) is 0 Å². The number of nitrogens with zero attached hydrogens (tertiary/aromatic N) is 1. The Bertz CT molecular complexity index is 784. The molecule has 1 saturated heterocycles. The van der Waals surface area contributed by atoms with Crippen LogP contribution in [0.2, 0.25) is 0 Å². The third-order valence-corrected chi connectivity index (χ3v) is 6.73. The zero-order valence-corrected chi connectivity index (χ0v) is 15.6. The van der Waals surface area contributed by atoms with Gasteiger partial charge in [-0.25, -0.2) is 0 Å². The van der Waals surface area contributed by atoms with Gasteiger partial charge < -0.3 is 14.6 Å². The van der Waals surface area contributed by atoms with Gasteiger partial charge >= 0.3 is 0 Å². The van der Waals surface area contributed by atoms with Gasteiger partial charge in [0.2, 0.25) is 5.56 Å². The predicted octanol–water partition coefficient (Wildman–Crippen LogP) is 3.27. The Labute approximate surface area is 155 Å². The van der Waals surface area contributed by atoms with Crippen molar-refractivity contribution in [2.45, 2.75) is 11.0 Å². The molecule has 2 heterocycles. The van der Waals surface area contributed by atoms with E-state index in [1.54, 1.807) is 19.3 Å². The van der Waals surface area contributed by atoms with Crippen LogP contribution >= 0.6 is 23.5 Å². The number of ether oxygens (including phenoxy) is 1. The van der Waals surface area contributed by atoms with Crippen LogP contribution in [0.5, 0.6) is 5.75 Å². The topological polar surface area (TPSA) is 60.3 Å². The summed E-state index contributed by atoms with van der Waals surface area (Å²) in [5, 5.41) is 2.71. The average Bonchev–Trinajstić information content (AvgIpc) is 2.64. The standard InChI is InChI=1S/C18H20N2O3S2/c1-20-11-14(5-8-17(20)22)19-16(21)12-23-15-6-3-13(4-7-15)18-24-9-2-10-25-18/h3-8,11,18H,2,9-10,12H2,1H3,(H,19,21). The van der Waals surface area contributed by atoms with Crippen LogP contribution in [0.3, 0.4) is 0 Å². The second-order valence-corrected chi connectivity index (χ2v) is 8.42. The lowest BCUT2D eigenvalue weighted by Crippen LogP contribution is -2.22. The van der Waals surface area contributed by atoms with Crippen LogP contribution in [0.1, 0.15) is 16.6 Å². The maximum Gasteiger partial charge on any atom is 0.262 e. The molecule has 1 aromatic carbocycles. The van der Waals surface area contributed by atoms with Crippen molar-refractivity contribution in [3.05, 3.63) is 58.5 Å². The first-order valence-corrected chi connectivity index (χ1v) is 10.1. The summed E-state index contributed by atoms with van der Waals surface area (Å²) in [7, 11) is 1.64. The largest absolute Gasteiger partial charge is 0.484 e. The van der Waals surface area contributed by atoms with E-state index >= 15 is 0 Å². The number of carbonyl (C=O) groups excluding carboxylic acids is 1. The first-order valence-electron chi connectivity index (χ1n) is 8.04. The Balaban J connectivity index is 1.51. The lowest BCUT2D eigenvalue weighted by atomic mass is 10.2. The molecule has 5 nitrogen and oxygen atoms in total. The summed E-state index contributed by atoms with van der Waals surface area (Å²) in [4.78, 5) is 23.3. The number of rotatable bonds is 5. The number of hydrogen-bond donors (Lipinski definition) is 1. The number of amides is 1. The Hall–Kier alpha value is -1.86. The van der Waals surface area contributed by atoms with Crippen molar-refractivity contribution < 1.29 is 9.53 Å². The zero-order chi connectivity index (χ0) is 17.6. The smallest absolute Gasteiger partial charge is 0.262 e. The third-order valence-electron chi connectivity index (χ3n) is 3.72. The van der Waals surface area contributed by atoms with Gasteiger partial charge in [0.05, 0.1) is 10.3 Å². The van der Waals surface area contributed by atoms with E-state index in [0.29, 0.717) is 16.0 Å². The van der Waals surface area contributed by atoms with E-state index in [2.05, 4.69) is 17.4 Å². The Morgan fingerprint density at radius 1 is 1.20 bits per heavy atom. The van der Waals surface area contributed by atoms with Crippen molar-refractivity contribution in [3.63, 3.8) is 0 Å². The minimum atomic E-state index is -0.263. The van der Waals surface area contributed by atoms with Crippen molar-refractivity contribution >= 4 is 35.1 Å². The van der Waals surface area contributed by atoms with Crippen molar-refractivity contribution in [2.75, 3.05) is 23.4 Å². The molecule has 7 heteroatoms. The second kappa shape index (κ2) is 8.49. The predicted molar refractivity (Wildman–Crippen MR) is 105 cm³/mol. The lowest BCUT2D eigenvalue weighted by molar-refractivity contribution is -0.118. The Morgan fingerprint density at radius 2 is 1.92 bits per heavy atom. The molecule has 0 bridgehead atoms. The Kier molecular flexibility index (Phi) is 6.09. The first-order chi connectivity index (χ1) is 12.1. The molecule has 25 heavy (non-hydrogen) atoms. The van der Waals surface area contributed by atoms with E-state index in [1.807, 2.05) is 35.7 Å². The SMILES string of the molecule is Cn1cc(NC(=O)COc2ccc(C3SCCCS3)cc2)ccc1=O. The molecule has 0 aliphatic carbocycles. The summed E-state index contributed by atoms with van der Waals surface area (Å²) < 4.78 is 7.45. The zero-order valence-electron chi connectivity index (χ0n) is 13.9. The van der Waals surface area contributed by atoms with Crippen LogP contribution in [0.25, 0.3) is 0 Å². The normalized spacial score (nSPS) is 14.9. The molecule has 132 valence electrons. The molecule has 1 N–H and O–H groups in total. The molecule has 0 spiro atoms. The van der Waals surface area contributed by atoms with Crippen LogP contribution < -0.4 is 15.6 Å². The van der Waals surface area contributed by atoms with Gasteiger partial charge in [-0.15, -0.1) is 23.5 Å². The highest BCUT2D eigenvalue weighted by atomic mass is 32.2. The van der Waals surface area contributed by atoms with Gasteiger partial charge in [0.1, 0.15) is 5.75 Å². The van der Waals surface area contributed by atoms with Gasteiger partial charge in [-0.2, -0.15) is 0 Å². The minimum Gasteiger partial charge on any atom is -0.484 e.